The molecule has 1 amide bonds. The van der Waals surface area contributed by atoms with Crippen LogP contribution in [0.4, 0.5) is 0 Å². The molecule has 0 N–H and O–H groups in total. The van der Waals surface area contributed by atoms with Crippen LogP contribution in [-0.4, -0.2) is 56.5 Å². The Kier molecular flexibility index (Phi) is 5.67. The summed E-state index contributed by atoms with van der Waals surface area (Å²) in [4.78, 5) is 17.1. The van der Waals surface area contributed by atoms with Gasteiger partial charge in [-0.3, -0.25) is 9.69 Å². The number of nitrogens with zero attached hydrogens (tertiary/aromatic N) is 5. The summed E-state index contributed by atoms with van der Waals surface area (Å²) in [5.74, 6) is 0.0448. The zero-order chi connectivity index (χ0) is 10.3. The smallest absolute Gasteiger partial charge is 0.236 e. The van der Waals surface area contributed by atoms with Crippen molar-refractivity contribution in [2.45, 2.75) is 0 Å². The van der Waals surface area contributed by atoms with Gasteiger partial charge in [0.1, 0.15) is 0 Å². The van der Waals surface area contributed by atoms with E-state index in [4.69, 9.17) is 5.53 Å². The number of azide groups is 1. The van der Waals surface area contributed by atoms with Gasteiger partial charge in [-0.1, -0.05) is 5.11 Å². The van der Waals surface area contributed by atoms with Gasteiger partial charge in [-0.05, 0) is 12.6 Å². The van der Waals surface area contributed by atoms with Crippen molar-refractivity contribution in [1.29, 1.82) is 0 Å². The van der Waals surface area contributed by atoms with Gasteiger partial charge in [0, 0.05) is 32.1 Å². The minimum Gasteiger partial charge on any atom is -0.348 e. The van der Waals surface area contributed by atoms with Crippen molar-refractivity contribution < 1.29 is 4.79 Å². The lowest BCUT2D eigenvalue weighted by molar-refractivity contribution is -0.129. The van der Waals surface area contributed by atoms with E-state index < -0.39 is 0 Å². The van der Waals surface area contributed by atoms with Crippen molar-refractivity contribution >= 4 is 5.91 Å². The molecule has 6 nitrogen and oxygen atoms in total. The lowest BCUT2D eigenvalue weighted by Gasteiger charge is -2.17. The van der Waals surface area contributed by atoms with Crippen molar-refractivity contribution in [2.75, 3.05) is 40.8 Å². The molecule has 0 heterocycles. The van der Waals surface area contributed by atoms with Crippen molar-refractivity contribution in [2.24, 2.45) is 5.11 Å². The van der Waals surface area contributed by atoms with Crippen molar-refractivity contribution in [3.05, 3.63) is 10.4 Å². The SMILES string of the molecule is CN(CCN=[N+]=[N-])CC(=O)N(C)C. The molecule has 0 spiro atoms. The van der Waals surface area contributed by atoms with Gasteiger partial charge < -0.3 is 4.90 Å². The van der Waals surface area contributed by atoms with Crippen LogP contribution in [0.15, 0.2) is 5.11 Å². The molecule has 0 aromatic rings. The van der Waals surface area contributed by atoms with Gasteiger partial charge in [-0.25, -0.2) is 0 Å². The number of hydrogen-bond acceptors (Lipinski definition) is 3. The Balaban J connectivity index is 3.67. The molecule has 0 rings (SSSR count). The quantitative estimate of drug-likeness (QED) is 0.351. The molecule has 0 fully saturated rings. The van der Waals surface area contributed by atoms with E-state index in [9.17, 15) is 4.79 Å². The maximum Gasteiger partial charge on any atom is 0.236 e. The zero-order valence-corrected chi connectivity index (χ0v) is 8.27. The molecule has 0 aliphatic carbocycles. The van der Waals surface area contributed by atoms with Crippen LogP contribution < -0.4 is 0 Å². The largest absolute Gasteiger partial charge is 0.348 e. The first-order valence-electron chi connectivity index (χ1n) is 3.97. The average Bonchev–Trinajstić information content (AvgIpc) is 2.04. The van der Waals surface area contributed by atoms with E-state index in [0.717, 1.165) is 0 Å². The molecular weight excluding hydrogens is 170 g/mol. The highest BCUT2D eigenvalue weighted by Gasteiger charge is 2.06. The molecule has 0 saturated heterocycles. The molecular formula is C7H15N5O. The van der Waals surface area contributed by atoms with Crippen molar-refractivity contribution in [3.8, 4) is 0 Å². The summed E-state index contributed by atoms with van der Waals surface area (Å²) in [6.45, 7) is 1.35. The van der Waals surface area contributed by atoms with Gasteiger partial charge in [0.25, 0.3) is 0 Å². The first-order valence-corrected chi connectivity index (χ1v) is 3.97. The summed E-state index contributed by atoms with van der Waals surface area (Å²) in [6.07, 6.45) is 0. The Bertz CT molecular complexity index is 209. The fourth-order valence-corrected chi connectivity index (χ4v) is 0.712. The van der Waals surface area contributed by atoms with E-state index in [2.05, 4.69) is 10.0 Å². The third-order valence-corrected chi connectivity index (χ3v) is 1.55. The van der Waals surface area contributed by atoms with Gasteiger partial charge >= 0.3 is 0 Å². The minimum absolute atomic E-state index is 0.0448. The summed E-state index contributed by atoms with van der Waals surface area (Å²) in [6, 6.07) is 0. The second-order valence-corrected chi connectivity index (χ2v) is 2.98. The van der Waals surface area contributed by atoms with Gasteiger partial charge in [-0.15, -0.1) is 0 Å². The molecule has 6 heteroatoms. The highest BCUT2D eigenvalue weighted by molar-refractivity contribution is 5.77. The first-order chi connectivity index (χ1) is 6.07. The Hall–Kier alpha value is -1.26. The second kappa shape index (κ2) is 6.28. The summed E-state index contributed by atoms with van der Waals surface area (Å²) in [5.41, 5.74) is 8.01. The maximum absolute atomic E-state index is 11.2. The lowest BCUT2D eigenvalue weighted by Crippen LogP contribution is -2.35. The highest BCUT2D eigenvalue weighted by atomic mass is 16.2. The molecule has 0 atom stereocenters. The van der Waals surface area contributed by atoms with Crippen LogP contribution in [0.2, 0.25) is 0 Å². The number of likely N-dealkylation sites (N-methyl/N-ethyl adjacent to an activating group) is 2. The molecule has 0 aromatic heterocycles. The molecule has 0 aliphatic heterocycles. The monoisotopic (exact) mass is 185 g/mol. The summed E-state index contributed by atoms with van der Waals surface area (Å²) in [5, 5.41) is 3.38. The van der Waals surface area contributed by atoms with Crippen LogP contribution in [-0.2, 0) is 4.79 Å². The van der Waals surface area contributed by atoms with E-state index in [0.29, 0.717) is 19.6 Å². The third kappa shape index (κ3) is 5.95. The molecule has 0 bridgehead atoms. The van der Waals surface area contributed by atoms with Gasteiger partial charge in [-0.2, -0.15) is 0 Å². The topological polar surface area (TPSA) is 72.3 Å². The Morgan fingerprint density at radius 1 is 1.46 bits per heavy atom. The molecule has 74 valence electrons. The van der Waals surface area contributed by atoms with Crippen LogP contribution in [0, 0.1) is 0 Å². The summed E-state index contributed by atoms with van der Waals surface area (Å²) in [7, 11) is 5.24. The van der Waals surface area contributed by atoms with E-state index in [1.807, 2.05) is 11.9 Å². The van der Waals surface area contributed by atoms with E-state index >= 15 is 0 Å². The number of carbonyl (C=O) groups excluding carboxylic acids is 1. The van der Waals surface area contributed by atoms with Gasteiger partial charge in [0.2, 0.25) is 5.91 Å². The Morgan fingerprint density at radius 2 is 2.08 bits per heavy atom. The van der Waals surface area contributed by atoms with E-state index in [1.54, 1.807) is 14.1 Å². The van der Waals surface area contributed by atoms with Crippen LogP contribution >= 0.6 is 0 Å². The number of rotatable bonds is 5. The first kappa shape index (κ1) is 11.7. The molecule has 0 unspecified atom stereocenters. The summed E-state index contributed by atoms with van der Waals surface area (Å²) >= 11 is 0. The molecule has 0 saturated carbocycles. The van der Waals surface area contributed by atoms with Crippen molar-refractivity contribution in [3.63, 3.8) is 0 Å². The van der Waals surface area contributed by atoms with Crippen LogP contribution in [0.25, 0.3) is 10.4 Å². The average molecular weight is 185 g/mol. The lowest BCUT2D eigenvalue weighted by atomic mass is 10.4. The predicted octanol–water partition coefficient (Wildman–Crippen LogP) is 0.317. The van der Waals surface area contributed by atoms with Crippen LogP contribution in [0.3, 0.4) is 0 Å². The standard InChI is InChI=1S/C7H15N5O/c1-11(2)7(13)6-12(3)5-4-9-10-8/h4-6H2,1-3H3. The maximum atomic E-state index is 11.2. The third-order valence-electron chi connectivity index (χ3n) is 1.55. The Labute approximate surface area is 77.7 Å². The number of hydrogen-bond donors (Lipinski definition) is 0. The van der Waals surface area contributed by atoms with Crippen LogP contribution in [0.1, 0.15) is 0 Å². The highest BCUT2D eigenvalue weighted by Crippen LogP contribution is 1.86. The second-order valence-electron chi connectivity index (χ2n) is 2.98. The summed E-state index contributed by atoms with van der Waals surface area (Å²) < 4.78 is 0. The van der Waals surface area contributed by atoms with Gasteiger partial charge in [0.15, 0.2) is 0 Å². The minimum atomic E-state index is 0.0448. The van der Waals surface area contributed by atoms with E-state index in [1.165, 1.54) is 4.90 Å². The predicted molar refractivity (Wildman–Crippen MR) is 50.2 cm³/mol. The molecule has 0 radical (unpaired) electrons. The Morgan fingerprint density at radius 3 is 2.54 bits per heavy atom. The van der Waals surface area contributed by atoms with E-state index in [-0.39, 0.29) is 5.91 Å². The molecule has 0 aliphatic rings. The van der Waals surface area contributed by atoms with Crippen LogP contribution in [0.5, 0.6) is 0 Å². The number of carbonyl (C=O) groups is 1. The van der Waals surface area contributed by atoms with Gasteiger partial charge in [0.05, 0.1) is 6.54 Å². The molecule has 13 heavy (non-hydrogen) atoms. The van der Waals surface area contributed by atoms with Crippen molar-refractivity contribution in [1.82, 2.24) is 9.80 Å². The molecule has 0 aromatic carbocycles. The number of amides is 1. The fourth-order valence-electron chi connectivity index (χ4n) is 0.712. The normalized spacial score (nSPS) is 9.54. The fraction of sp³-hybridized carbons (Fsp3) is 0.857. The zero-order valence-electron chi connectivity index (χ0n) is 8.27.